The van der Waals surface area contributed by atoms with Crippen LogP contribution in [0.5, 0.6) is 0 Å². The quantitative estimate of drug-likeness (QED) is 0.514. The summed E-state index contributed by atoms with van der Waals surface area (Å²) in [5.41, 5.74) is 0. The van der Waals surface area contributed by atoms with Crippen molar-refractivity contribution >= 4 is 11.8 Å². The van der Waals surface area contributed by atoms with E-state index in [4.69, 9.17) is 0 Å². The molecule has 3 N–H and O–H groups in total. The van der Waals surface area contributed by atoms with E-state index in [2.05, 4.69) is 29.8 Å². The summed E-state index contributed by atoms with van der Waals surface area (Å²) in [4.78, 5) is 22.4. The van der Waals surface area contributed by atoms with Crippen molar-refractivity contribution in [3.05, 3.63) is 0 Å². The lowest BCUT2D eigenvalue weighted by Crippen LogP contribution is -2.31. The number of hydrogen-bond acceptors (Lipinski definition) is 3. The van der Waals surface area contributed by atoms with Crippen molar-refractivity contribution in [1.29, 1.82) is 0 Å². The molecule has 0 heterocycles. The Bertz CT molecular complexity index is 230. The van der Waals surface area contributed by atoms with Crippen molar-refractivity contribution in [3.8, 4) is 0 Å². The normalized spacial score (nSPS) is 10.4. The second-order valence-corrected chi connectivity index (χ2v) is 4.27. The van der Waals surface area contributed by atoms with E-state index < -0.39 is 0 Å². The van der Waals surface area contributed by atoms with Gasteiger partial charge >= 0.3 is 0 Å². The van der Waals surface area contributed by atoms with Crippen molar-refractivity contribution < 1.29 is 9.59 Å². The minimum Gasteiger partial charge on any atom is -0.356 e. The van der Waals surface area contributed by atoms with Gasteiger partial charge in [-0.3, -0.25) is 9.59 Å². The van der Waals surface area contributed by atoms with Gasteiger partial charge in [-0.25, -0.2) is 0 Å². The van der Waals surface area contributed by atoms with Crippen LogP contribution in [0, 0.1) is 0 Å². The average Bonchev–Trinajstić information content (AvgIpc) is 2.24. The molecule has 2 amide bonds. The monoisotopic (exact) mass is 243 g/mol. The van der Waals surface area contributed by atoms with E-state index in [-0.39, 0.29) is 11.8 Å². The van der Waals surface area contributed by atoms with Gasteiger partial charge in [0.05, 0.1) is 0 Å². The first-order chi connectivity index (χ1) is 8.06. The third kappa shape index (κ3) is 11.2. The molecule has 0 atom stereocenters. The molecule has 0 aliphatic rings. The van der Waals surface area contributed by atoms with E-state index in [0.717, 1.165) is 13.0 Å². The fourth-order valence-corrected chi connectivity index (χ4v) is 1.33. The Balaban J connectivity index is 3.37. The van der Waals surface area contributed by atoms with Crippen molar-refractivity contribution in [2.75, 3.05) is 19.6 Å². The van der Waals surface area contributed by atoms with Crippen LogP contribution in [-0.4, -0.2) is 37.5 Å². The molecule has 17 heavy (non-hydrogen) atoms. The van der Waals surface area contributed by atoms with Crippen molar-refractivity contribution in [2.24, 2.45) is 0 Å². The number of hydrogen-bond donors (Lipinski definition) is 3. The van der Waals surface area contributed by atoms with Crippen LogP contribution in [-0.2, 0) is 9.59 Å². The van der Waals surface area contributed by atoms with E-state index in [1.807, 2.05) is 6.92 Å². The van der Waals surface area contributed by atoms with Crippen LogP contribution in [0.15, 0.2) is 0 Å². The zero-order chi connectivity index (χ0) is 13.1. The molecule has 0 aliphatic carbocycles. The average molecular weight is 243 g/mol. The van der Waals surface area contributed by atoms with Gasteiger partial charge in [-0.1, -0.05) is 13.8 Å². The van der Waals surface area contributed by atoms with Gasteiger partial charge in [-0.2, -0.15) is 0 Å². The molecule has 0 saturated carbocycles. The molecule has 0 aromatic heterocycles. The van der Waals surface area contributed by atoms with Gasteiger partial charge < -0.3 is 16.0 Å². The van der Waals surface area contributed by atoms with Gasteiger partial charge in [0.25, 0.3) is 0 Å². The van der Waals surface area contributed by atoms with E-state index >= 15 is 0 Å². The minimum absolute atomic E-state index is 0.0138. The van der Waals surface area contributed by atoms with E-state index in [9.17, 15) is 9.59 Å². The Morgan fingerprint density at radius 2 is 1.65 bits per heavy atom. The van der Waals surface area contributed by atoms with E-state index in [1.165, 1.54) is 0 Å². The SMILES string of the molecule is CCNC(=O)CCNC(=O)CCCNC(C)C. The second-order valence-electron chi connectivity index (χ2n) is 4.27. The first kappa shape index (κ1) is 15.9. The van der Waals surface area contributed by atoms with E-state index in [1.54, 1.807) is 0 Å². The van der Waals surface area contributed by atoms with Crippen molar-refractivity contribution in [2.45, 2.75) is 46.1 Å². The highest BCUT2D eigenvalue weighted by molar-refractivity contribution is 5.78. The summed E-state index contributed by atoms with van der Waals surface area (Å²) >= 11 is 0. The number of carbonyl (C=O) groups is 2. The molecule has 0 bridgehead atoms. The van der Waals surface area contributed by atoms with Crippen LogP contribution in [0.1, 0.15) is 40.0 Å². The van der Waals surface area contributed by atoms with Gasteiger partial charge in [-0.05, 0) is 19.9 Å². The molecule has 0 saturated heterocycles. The molecule has 0 aromatic carbocycles. The van der Waals surface area contributed by atoms with E-state index in [0.29, 0.717) is 32.0 Å². The summed E-state index contributed by atoms with van der Waals surface area (Å²) in [7, 11) is 0. The summed E-state index contributed by atoms with van der Waals surface area (Å²) < 4.78 is 0. The first-order valence-electron chi connectivity index (χ1n) is 6.33. The van der Waals surface area contributed by atoms with Crippen LogP contribution in [0.3, 0.4) is 0 Å². The molecule has 0 unspecified atom stereocenters. The highest BCUT2D eigenvalue weighted by Gasteiger charge is 2.03. The maximum Gasteiger partial charge on any atom is 0.221 e. The molecule has 0 aliphatic heterocycles. The highest BCUT2D eigenvalue weighted by atomic mass is 16.2. The topological polar surface area (TPSA) is 70.2 Å². The lowest BCUT2D eigenvalue weighted by molar-refractivity contribution is -0.122. The molecule has 5 nitrogen and oxygen atoms in total. The third-order valence-corrected chi connectivity index (χ3v) is 2.18. The van der Waals surface area contributed by atoms with Crippen molar-refractivity contribution in [3.63, 3.8) is 0 Å². The van der Waals surface area contributed by atoms with Crippen LogP contribution < -0.4 is 16.0 Å². The zero-order valence-corrected chi connectivity index (χ0v) is 11.1. The fourth-order valence-electron chi connectivity index (χ4n) is 1.33. The van der Waals surface area contributed by atoms with Gasteiger partial charge in [-0.15, -0.1) is 0 Å². The Hall–Kier alpha value is -1.10. The molecular weight excluding hydrogens is 218 g/mol. The lowest BCUT2D eigenvalue weighted by Gasteiger charge is -2.08. The predicted molar refractivity (Wildman–Crippen MR) is 68.7 cm³/mol. The standard InChI is InChI=1S/C12H25N3O2/c1-4-13-12(17)7-9-15-11(16)6-5-8-14-10(2)3/h10,14H,4-9H2,1-3H3,(H,13,17)(H,15,16). The maximum absolute atomic E-state index is 11.4. The van der Waals surface area contributed by atoms with Crippen LogP contribution in [0.2, 0.25) is 0 Å². The number of carbonyl (C=O) groups excluding carboxylic acids is 2. The Morgan fingerprint density at radius 1 is 1.00 bits per heavy atom. The smallest absolute Gasteiger partial charge is 0.221 e. The molecule has 0 rings (SSSR count). The van der Waals surface area contributed by atoms with Crippen LogP contribution in [0.4, 0.5) is 0 Å². The van der Waals surface area contributed by atoms with Gasteiger partial charge in [0.2, 0.25) is 11.8 Å². The summed E-state index contributed by atoms with van der Waals surface area (Å²) in [5, 5.41) is 8.66. The molecule has 0 radical (unpaired) electrons. The third-order valence-electron chi connectivity index (χ3n) is 2.18. The largest absolute Gasteiger partial charge is 0.356 e. The first-order valence-corrected chi connectivity index (χ1v) is 6.33. The predicted octanol–water partition coefficient (Wildman–Crippen LogP) is 0.407. The summed E-state index contributed by atoms with van der Waals surface area (Å²) in [6, 6.07) is 0.454. The van der Waals surface area contributed by atoms with Crippen molar-refractivity contribution in [1.82, 2.24) is 16.0 Å². The minimum atomic E-state index is -0.0192. The van der Waals surface area contributed by atoms with Gasteiger partial charge in [0.1, 0.15) is 0 Å². The van der Waals surface area contributed by atoms with Gasteiger partial charge in [0.15, 0.2) is 0 Å². The summed E-state index contributed by atoms with van der Waals surface area (Å²) in [5.74, 6) is -0.00544. The lowest BCUT2D eigenvalue weighted by atomic mass is 10.2. The summed E-state index contributed by atoms with van der Waals surface area (Å²) in [6.45, 7) is 7.92. The Morgan fingerprint density at radius 3 is 2.24 bits per heavy atom. The maximum atomic E-state index is 11.4. The van der Waals surface area contributed by atoms with Crippen LogP contribution >= 0.6 is 0 Å². The zero-order valence-electron chi connectivity index (χ0n) is 11.1. The Kier molecular flexibility index (Phi) is 9.43. The molecule has 100 valence electrons. The highest BCUT2D eigenvalue weighted by Crippen LogP contribution is 1.89. The molecular formula is C12H25N3O2. The molecule has 0 aromatic rings. The summed E-state index contributed by atoms with van der Waals surface area (Å²) in [6.07, 6.45) is 1.68. The van der Waals surface area contributed by atoms with Gasteiger partial charge in [0, 0.05) is 32.0 Å². The fraction of sp³-hybridized carbons (Fsp3) is 0.833. The molecule has 0 spiro atoms. The van der Waals surface area contributed by atoms with Crippen LogP contribution in [0.25, 0.3) is 0 Å². The molecule has 5 heteroatoms. The number of nitrogens with one attached hydrogen (secondary N) is 3. The Labute approximate surface area is 104 Å². The number of amides is 2. The second kappa shape index (κ2) is 10.1. The number of rotatable bonds is 9. The molecule has 0 fully saturated rings.